The summed E-state index contributed by atoms with van der Waals surface area (Å²) in [5.41, 5.74) is 4.95. The van der Waals surface area contributed by atoms with Crippen molar-refractivity contribution in [1.29, 1.82) is 0 Å². The van der Waals surface area contributed by atoms with Crippen LogP contribution in [0.15, 0.2) is 17.8 Å². The molecule has 15 heavy (non-hydrogen) atoms. The second-order valence-corrected chi connectivity index (χ2v) is 4.82. The maximum Gasteiger partial charge on any atom is 0.116 e. The van der Waals surface area contributed by atoms with Crippen LogP contribution in [0.25, 0.3) is 15.8 Å². The topological polar surface area (TPSA) is 25.8 Å². The van der Waals surface area contributed by atoms with Gasteiger partial charge in [0.1, 0.15) is 6.33 Å². The summed E-state index contributed by atoms with van der Waals surface area (Å²) in [5, 5.41) is 2.17. The maximum absolute atomic E-state index is 4.43. The highest BCUT2D eigenvalue weighted by atomic mass is 32.1. The molecule has 0 amide bonds. The molecule has 76 valence electrons. The Balaban J connectivity index is 2.26. The Morgan fingerprint density at radius 1 is 1.33 bits per heavy atom. The lowest BCUT2D eigenvalue weighted by Gasteiger charge is -2.01. The standard InChI is InChI=1S/C12H12N2S/c1-8-6-15-12-10(8)13-7-14-11(12)9-4-2-3-5-9/h4,6-7H,2-3,5H2,1H3. The predicted molar refractivity (Wildman–Crippen MR) is 64.0 cm³/mol. The minimum absolute atomic E-state index is 1.12. The van der Waals surface area contributed by atoms with Crippen molar-refractivity contribution in [2.75, 3.05) is 0 Å². The molecule has 2 heterocycles. The van der Waals surface area contributed by atoms with Gasteiger partial charge in [-0.1, -0.05) is 6.08 Å². The van der Waals surface area contributed by atoms with Gasteiger partial charge in [-0.15, -0.1) is 11.3 Å². The largest absolute Gasteiger partial charge is 0.235 e. The molecule has 2 aromatic rings. The molecule has 0 bridgehead atoms. The second-order valence-electron chi connectivity index (χ2n) is 3.94. The molecule has 0 atom stereocenters. The molecule has 0 spiro atoms. The lowest BCUT2D eigenvalue weighted by atomic mass is 10.1. The third kappa shape index (κ3) is 1.38. The average molecular weight is 216 g/mol. The van der Waals surface area contributed by atoms with Crippen LogP contribution in [-0.2, 0) is 0 Å². The summed E-state index contributed by atoms with van der Waals surface area (Å²) in [6, 6.07) is 0. The number of allylic oxidation sites excluding steroid dienone is 2. The number of rotatable bonds is 1. The van der Waals surface area contributed by atoms with Gasteiger partial charge in [-0.25, -0.2) is 9.97 Å². The van der Waals surface area contributed by atoms with Crippen LogP contribution in [0.3, 0.4) is 0 Å². The van der Waals surface area contributed by atoms with Gasteiger partial charge >= 0.3 is 0 Å². The predicted octanol–water partition coefficient (Wildman–Crippen LogP) is 3.57. The van der Waals surface area contributed by atoms with Gasteiger partial charge in [0.15, 0.2) is 0 Å². The van der Waals surface area contributed by atoms with Crippen LogP contribution in [0.5, 0.6) is 0 Å². The van der Waals surface area contributed by atoms with Crippen molar-refractivity contribution in [3.05, 3.63) is 29.0 Å². The molecule has 1 aliphatic carbocycles. The van der Waals surface area contributed by atoms with Crippen LogP contribution in [-0.4, -0.2) is 9.97 Å². The van der Waals surface area contributed by atoms with Crippen LogP contribution in [0.4, 0.5) is 0 Å². The Morgan fingerprint density at radius 2 is 2.27 bits per heavy atom. The highest BCUT2D eigenvalue weighted by Gasteiger charge is 2.14. The Hall–Kier alpha value is -1.22. The number of hydrogen-bond acceptors (Lipinski definition) is 3. The third-order valence-electron chi connectivity index (χ3n) is 2.88. The molecular formula is C12H12N2S. The lowest BCUT2D eigenvalue weighted by molar-refractivity contribution is 0.933. The fraction of sp³-hybridized carbons (Fsp3) is 0.333. The first kappa shape index (κ1) is 9.04. The number of hydrogen-bond donors (Lipinski definition) is 0. The van der Waals surface area contributed by atoms with E-state index in [2.05, 4.69) is 28.3 Å². The van der Waals surface area contributed by atoms with Gasteiger partial charge in [0, 0.05) is 0 Å². The normalized spacial score (nSPS) is 15.9. The summed E-state index contributed by atoms with van der Waals surface area (Å²) < 4.78 is 1.25. The summed E-state index contributed by atoms with van der Waals surface area (Å²) in [7, 11) is 0. The van der Waals surface area contributed by atoms with Gasteiger partial charge < -0.3 is 0 Å². The highest BCUT2D eigenvalue weighted by Crippen LogP contribution is 2.34. The first-order valence-electron chi connectivity index (χ1n) is 5.24. The van der Waals surface area contributed by atoms with E-state index in [-0.39, 0.29) is 0 Å². The Bertz CT molecular complexity index is 540. The third-order valence-corrected chi connectivity index (χ3v) is 3.97. The fourth-order valence-corrected chi connectivity index (χ4v) is 3.11. The van der Waals surface area contributed by atoms with E-state index in [0.717, 1.165) is 11.2 Å². The minimum Gasteiger partial charge on any atom is -0.235 e. The van der Waals surface area contributed by atoms with Crippen molar-refractivity contribution < 1.29 is 0 Å². The average Bonchev–Trinajstić information content (AvgIpc) is 2.88. The SMILES string of the molecule is Cc1csc2c(C3=CCCC3)ncnc12. The first-order valence-corrected chi connectivity index (χ1v) is 6.12. The summed E-state index contributed by atoms with van der Waals surface area (Å²) in [6.07, 6.45) is 7.65. The van der Waals surface area contributed by atoms with E-state index in [4.69, 9.17) is 0 Å². The smallest absolute Gasteiger partial charge is 0.116 e. The van der Waals surface area contributed by atoms with Gasteiger partial charge in [-0.2, -0.15) is 0 Å². The molecule has 0 unspecified atom stereocenters. The lowest BCUT2D eigenvalue weighted by Crippen LogP contribution is -1.89. The molecular weight excluding hydrogens is 204 g/mol. The number of aryl methyl sites for hydroxylation is 1. The minimum atomic E-state index is 1.12. The quantitative estimate of drug-likeness (QED) is 0.728. The summed E-state index contributed by atoms with van der Waals surface area (Å²) >= 11 is 1.76. The number of aromatic nitrogens is 2. The molecule has 0 aromatic carbocycles. The molecule has 1 aliphatic rings. The van der Waals surface area contributed by atoms with E-state index in [9.17, 15) is 0 Å². The van der Waals surface area contributed by atoms with Crippen molar-refractivity contribution >= 4 is 27.1 Å². The van der Waals surface area contributed by atoms with Crippen molar-refractivity contribution in [2.24, 2.45) is 0 Å². The zero-order valence-electron chi connectivity index (χ0n) is 8.66. The van der Waals surface area contributed by atoms with Crippen LogP contribution in [0.1, 0.15) is 30.5 Å². The van der Waals surface area contributed by atoms with E-state index in [1.165, 1.54) is 35.1 Å². The zero-order valence-corrected chi connectivity index (χ0v) is 9.47. The van der Waals surface area contributed by atoms with Crippen LogP contribution < -0.4 is 0 Å². The molecule has 0 fully saturated rings. The van der Waals surface area contributed by atoms with Crippen molar-refractivity contribution in [3.8, 4) is 0 Å². The molecule has 0 aliphatic heterocycles. The molecule has 0 N–H and O–H groups in total. The van der Waals surface area contributed by atoms with Gasteiger partial charge in [-0.3, -0.25) is 0 Å². The molecule has 3 rings (SSSR count). The van der Waals surface area contributed by atoms with Crippen molar-refractivity contribution in [3.63, 3.8) is 0 Å². The van der Waals surface area contributed by atoms with E-state index < -0.39 is 0 Å². The molecule has 0 saturated carbocycles. The molecule has 0 radical (unpaired) electrons. The first-order chi connectivity index (χ1) is 7.36. The van der Waals surface area contributed by atoms with Crippen LogP contribution in [0.2, 0.25) is 0 Å². The van der Waals surface area contributed by atoms with Gasteiger partial charge in [-0.05, 0) is 42.7 Å². The Morgan fingerprint density at radius 3 is 3.07 bits per heavy atom. The van der Waals surface area contributed by atoms with E-state index >= 15 is 0 Å². The summed E-state index contributed by atoms with van der Waals surface area (Å²) in [5.74, 6) is 0. The zero-order chi connectivity index (χ0) is 10.3. The van der Waals surface area contributed by atoms with E-state index in [1.807, 2.05) is 0 Å². The molecule has 0 saturated heterocycles. The van der Waals surface area contributed by atoms with Crippen molar-refractivity contribution in [2.45, 2.75) is 26.2 Å². The number of nitrogens with zero attached hydrogens (tertiary/aromatic N) is 2. The van der Waals surface area contributed by atoms with Crippen molar-refractivity contribution in [1.82, 2.24) is 9.97 Å². The Labute approximate surface area is 92.7 Å². The number of fused-ring (bicyclic) bond motifs is 1. The fourth-order valence-electron chi connectivity index (χ4n) is 2.08. The summed E-state index contributed by atoms with van der Waals surface area (Å²) in [4.78, 5) is 8.78. The van der Waals surface area contributed by atoms with Gasteiger partial charge in [0.25, 0.3) is 0 Å². The Kier molecular flexibility index (Phi) is 2.06. The molecule has 2 aromatic heterocycles. The summed E-state index contributed by atoms with van der Waals surface area (Å²) in [6.45, 7) is 2.11. The second kappa shape index (κ2) is 3.42. The van der Waals surface area contributed by atoms with E-state index in [0.29, 0.717) is 0 Å². The van der Waals surface area contributed by atoms with Crippen LogP contribution >= 0.6 is 11.3 Å². The molecule has 2 nitrogen and oxygen atoms in total. The highest BCUT2D eigenvalue weighted by molar-refractivity contribution is 7.17. The molecule has 3 heteroatoms. The van der Waals surface area contributed by atoms with E-state index in [1.54, 1.807) is 17.7 Å². The van der Waals surface area contributed by atoms with Gasteiger partial charge in [0.05, 0.1) is 15.9 Å². The monoisotopic (exact) mass is 216 g/mol. The van der Waals surface area contributed by atoms with Crippen LogP contribution in [0, 0.1) is 6.92 Å². The number of thiophene rings is 1. The van der Waals surface area contributed by atoms with Gasteiger partial charge in [0.2, 0.25) is 0 Å². The maximum atomic E-state index is 4.43.